The molecule has 2 heteroatoms. The lowest BCUT2D eigenvalue weighted by Gasteiger charge is -2.12. The molecule has 78 valence electrons. The van der Waals surface area contributed by atoms with Gasteiger partial charge in [0.2, 0.25) is 0 Å². The van der Waals surface area contributed by atoms with Crippen LogP contribution in [0.3, 0.4) is 0 Å². The number of hydrogen-bond acceptors (Lipinski definition) is 1. The van der Waals surface area contributed by atoms with Crippen molar-refractivity contribution in [3.8, 4) is 0 Å². The molecule has 1 aromatic carbocycles. The molecule has 0 bridgehead atoms. The van der Waals surface area contributed by atoms with Gasteiger partial charge in [-0.2, -0.15) is 0 Å². The van der Waals surface area contributed by atoms with Gasteiger partial charge in [0.05, 0.1) is 0 Å². The van der Waals surface area contributed by atoms with E-state index in [1.54, 1.807) is 0 Å². The monoisotopic (exact) mass is 200 g/mol. The summed E-state index contributed by atoms with van der Waals surface area (Å²) in [5, 5.41) is 0. The molecule has 1 aromatic heterocycles. The fourth-order valence-electron chi connectivity index (χ4n) is 1.75. The van der Waals surface area contributed by atoms with Gasteiger partial charge in [-0.1, -0.05) is 30.3 Å². The van der Waals surface area contributed by atoms with Crippen molar-refractivity contribution in [1.82, 2.24) is 4.57 Å². The molecule has 1 heterocycles. The van der Waals surface area contributed by atoms with E-state index in [9.17, 15) is 0 Å². The first-order chi connectivity index (χ1) is 7.27. The van der Waals surface area contributed by atoms with E-state index in [4.69, 9.17) is 5.73 Å². The lowest BCUT2D eigenvalue weighted by Crippen LogP contribution is -2.14. The largest absolute Gasteiger partial charge is 0.354 e. The van der Waals surface area contributed by atoms with Crippen LogP contribution < -0.4 is 5.73 Å². The molecule has 0 fully saturated rings. The van der Waals surface area contributed by atoms with Crippen molar-refractivity contribution >= 4 is 0 Å². The lowest BCUT2D eigenvalue weighted by molar-refractivity contribution is 0.677. The Bertz CT molecular complexity index is 417. The van der Waals surface area contributed by atoms with Gasteiger partial charge in [0, 0.05) is 31.4 Å². The number of nitrogens with two attached hydrogens (primary N) is 1. The Balaban J connectivity index is 2.11. The second-order valence-corrected chi connectivity index (χ2v) is 3.83. The average molecular weight is 200 g/mol. The molecule has 1 atom stereocenters. The van der Waals surface area contributed by atoms with Crippen molar-refractivity contribution in [2.45, 2.75) is 12.5 Å². The Hall–Kier alpha value is -1.54. The summed E-state index contributed by atoms with van der Waals surface area (Å²) >= 11 is 0. The van der Waals surface area contributed by atoms with Crippen LogP contribution >= 0.6 is 0 Å². The molecule has 15 heavy (non-hydrogen) atoms. The second kappa shape index (κ2) is 4.32. The first kappa shape index (κ1) is 9.99. The van der Waals surface area contributed by atoms with E-state index in [1.165, 1.54) is 11.3 Å². The smallest absolute Gasteiger partial charge is 0.0350 e. The molecule has 0 aliphatic rings. The quantitative estimate of drug-likeness (QED) is 0.809. The van der Waals surface area contributed by atoms with Gasteiger partial charge in [-0.25, -0.2) is 0 Å². The molecule has 0 amide bonds. The van der Waals surface area contributed by atoms with E-state index >= 15 is 0 Å². The summed E-state index contributed by atoms with van der Waals surface area (Å²) in [6.07, 6.45) is 2.93. The van der Waals surface area contributed by atoms with Gasteiger partial charge < -0.3 is 10.3 Å². The van der Waals surface area contributed by atoms with Gasteiger partial charge in [-0.05, 0) is 17.7 Å². The molecule has 0 aliphatic carbocycles. The second-order valence-electron chi connectivity index (χ2n) is 3.83. The van der Waals surface area contributed by atoms with Crippen LogP contribution in [0, 0.1) is 0 Å². The Kier molecular flexibility index (Phi) is 2.88. The van der Waals surface area contributed by atoms with Crippen molar-refractivity contribution in [1.29, 1.82) is 0 Å². The van der Waals surface area contributed by atoms with Crippen LogP contribution in [0.1, 0.15) is 17.3 Å². The number of rotatable bonds is 3. The maximum Gasteiger partial charge on any atom is 0.0350 e. The molecule has 2 N–H and O–H groups in total. The Morgan fingerprint density at radius 3 is 2.47 bits per heavy atom. The van der Waals surface area contributed by atoms with E-state index in [2.05, 4.69) is 22.8 Å². The van der Waals surface area contributed by atoms with E-state index in [0.29, 0.717) is 0 Å². The molecule has 0 spiro atoms. The normalized spacial score (nSPS) is 12.7. The highest BCUT2D eigenvalue weighted by molar-refractivity contribution is 5.21. The molecule has 1 unspecified atom stereocenters. The zero-order valence-electron chi connectivity index (χ0n) is 8.93. The zero-order valence-corrected chi connectivity index (χ0v) is 8.93. The summed E-state index contributed by atoms with van der Waals surface area (Å²) in [5.74, 6) is 0. The van der Waals surface area contributed by atoms with Crippen molar-refractivity contribution in [2.24, 2.45) is 12.8 Å². The van der Waals surface area contributed by atoms with Crippen molar-refractivity contribution in [3.05, 3.63) is 59.9 Å². The summed E-state index contributed by atoms with van der Waals surface area (Å²) in [7, 11) is 2.05. The summed E-state index contributed by atoms with van der Waals surface area (Å²) < 4.78 is 2.11. The highest BCUT2D eigenvalue weighted by atomic mass is 14.9. The third-order valence-electron chi connectivity index (χ3n) is 2.71. The minimum Gasteiger partial charge on any atom is -0.354 e. The molecular formula is C13H16N2. The Labute approximate surface area is 90.3 Å². The number of aryl methyl sites for hydroxylation is 1. The predicted molar refractivity (Wildman–Crippen MR) is 62.5 cm³/mol. The first-order valence-corrected chi connectivity index (χ1v) is 5.18. The molecule has 0 aliphatic heterocycles. The fourth-order valence-corrected chi connectivity index (χ4v) is 1.75. The van der Waals surface area contributed by atoms with E-state index < -0.39 is 0 Å². The molecule has 2 aromatic rings. The van der Waals surface area contributed by atoms with Crippen LogP contribution in [0.25, 0.3) is 0 Å². The fraction of sp³-hybridized carbons (Fsp3) is 0.231. The van der Waals surface area contributed by atoms with Crippen LogP contribution in [-0.4, -0.2) is 4.57 Å². The molecule has 0 saturated heterocycles. The van der Waals surface area contributed by atoms with Crippen molar-refractivity contribution < 1.29 is 0 Å². The number of benzene rings is 1. The summed E-state index contributed by atoms with van der Waals surface area (Å²) in [4.78, 5) is 0. The number of aromatic nitrogens is 1. The zero-order chi connectivity index (χ0) is 10.7. The third kappa shape index (κ3) is 2.28. The van der Waals surface area contributed by atoms with E-state index in [-0.39, 0.29) is 6.04 Å². The van der Waals surface area contributed by atoms with E-state index in [0.717, 1.165) is 6.42 Å². The highest BCUT2D eigenvalue weighted by Gasteiger charge is 2.07. The van der Waals surface area contributed by atoms with Gasteiger partial charge in [-0.15, -0.1) is 0 Å². The van der Waals surface area contributed by atoms with Crippen LogP contribution in [0.5, 0.6) is 0 Å². The van der Waals surface area contributed by atoms with Crippen LogP contribution in [-0.2, 0) is 13.5 Å². The van der Waals surface area contributed by atoms with Crippen LogP contribution in [0.2, 0.25) is 0 Å². The van der Waals surface area contributed by atoms with Crippen LogP contribution in [0.15, 0.2) is 48.7 Å². The molecule has 2 rings (SSSR count). The molecular weight excluding hydrogens is 184 g/mol. The Morgan fingerprint density at radius 2 is 1.87 bits per heavy atom. The Morgan fingerprint density at radius 1 is 1.13 bits per heavy atom. The average Bonchev–Trinajstić information content (AvgIpc) is 2.66. The molecule has 0 radical (unpaired) electrons. The number of nitrogens with zero attached hydrogens (tertiary/aromatic N) is 1. The van der Waals surface area contributed by atoms with Gasteiger partial charge in [0.1, 0.15) is 0 Å². The topological polar surface area (TPSA) is 30.9 Å². The standard InChI is InChI=1S/C13H16N2/c1-15-9-5-8-12(15)10-13(14)11-6-3-2-4-7-11/h2-9,13H,10,14H2,1H3. The highest BCUT2D eigenvalue weighted by Crippen LogP contribution is 2.15. The minimum atomic E-state index is 0.0831. The van der Waals surface area contributed by atoms with E-state index in [1.807, 2.05) is 37.5 Å². The first-order valence-electron chi connectivity index (χ1n) is 5.18. The van der Waals surface area contributed by atoms with Gasteiger partial charge in [-0.3, -0.25) is 0 Å². The summed E-state index contributed by atoms with van der Waals surface area (Å²) in [6, 6.07) is 14.5. The molecule has 2 nitrogen and oxygen atoms in total. The molecule has 0 saturated carbocycles. The summed E-state index contributed by atoms with van der Waals surface area (Å²) in [6.45, 7) is 0. The predicted octanol–water partition coefficient (Wildman–Crippen LogP) is 2.27. The SMILES string of the molecule is Cn1cccc1CC(N)c1ccccc1. The third-order valence-corrected chi connectivity index (χ3v) is 2.71. The van der Waals surface area contributed by atoms with Gasteiger partial charge >= 0.3 is 0 Å². The lowest BCUT2D eigenvalue weighted by atomic mass is 10.0. The summed E-state index contributed by atoms with van der Waals surface area (Å²) in [5.41, 5.74) is 8.60. The minimum absolute atomic E-state index is 0.0831. The maximum absolute atomic E-state index is 6.14. The van der Waals surface area contributed by atoms with Crippen molar-refractivity contribution in [3.63, 3.8) is 0 Å². The number of hydrogen-bond donors (Lipinski definition) is 1. The maximum atomic E-state index is 6.14. The van der Waals surface area contributed by atoms with Gasteiger partial charge in [0.15, 0.2) is 0 Å². The van der Waals surface area contributed by atoms with Crippen LogP contribution in [0.4, 0.5) is 0 Å². The van der Waals surface area contributed by atoms with Crippen molar-refractivity contribution in [2.75, 3.05) is 0 Å². The van der Waals surface area contributed by atoms with Gasteiger partial charge in [0.25, 0.3) is 0 Å².